The molecule has 1 saturated heterocycles. The van der Waals surface area contributed by atoms with Gasteiger partial charge in [0.15, 0.2) is 0 Å². The Labute approximate surface area is 171 Å². The van der Waals surface area contributed by atoms with Gasteiger partial charge in [0.2, 0.25) is 5.88 Å². The van der Waals surface area contributed by atoms with E-state index in [1.807, 2.05) is 19.1 Å². The molecule has 2 heterocycles. The molecular weight excluding hydrogens is 370 g/mol. The van der Waals surface area contributed by atoms with Gasteiger partial charge in [0.1, 0.15) is 11.4 Å². The summed E-state index contributed by atoms with van der Waals surface area (Å²) in [5, 5.41) is 13.9. The van der Waals surface area contributed by atoms with Crippen LogP contribution in [0.2, 0.25) is 0 Å². The fourth-order valence-corrected chi connectivity index (χ4v) is 6.09. The fraction of sp³-hybridized carbons (Fsp3) is 0.727. The van der Waals surface area contributed by atoms with Crippen molar-refractivity contribution >= 4 is 11.7 Å². The van der Waals surface area contributed by atoms with Gasteiger partial charge in [0.05, 0.1) is 25.4 Å². The summed E-state index contributed by atoms with van der Waals surface area (Å²) in [6.07, 6.45) is 4.54. The highest BCUT2D eigenvalue weighted by molar-refractivity contribution is 5.97. The lowest BCUT2D eigenvalue weighted by atomic mass is 9.76. The van der Waals surface area contributed by atoms with Crippen molar-refractivity contribution in [1.29, 1.82) is 0 Å². The third-order valence-electron chi connectivity index (χ3n) is 7.25. The van der Waals surface area contributed by atoms with Crippen molar-refractivity contribution in [3.8, 4) is 5.88 Å². The molecular formula is C22H31N3O4. The van der Waals surface area contributed by atoms with Crippen LogP contribution in [-0.4, -0.2) is 60.6 Å². The SMILES string of the molecule is CCCOc1nc(N2CCOCC2)ccc1C(=O)N[C@@H]1[C@@H]2CC3C[C@@](O)(C2)C[C@H]31. The molecule has 7 nitrogen and oxygen atoms in total. The number of amides is 1. The van der Waals surface area contributed by atoms with Crippen LogP contribution in [0.4, 0.5) is 5.82 Å². The first-order chi connectivity index (χ1) is 14.1. The second-order valence-corrected chi connectivity index (χ2v) is 9.23. The van der Waals surface area contributed by atoms with Gasteiger partial charge in [-0.05, 0) is 62.0 Å². The summed E-state index contributed by atoms with van der Waals surface area (Å²) in [7, 11) is 0. The molecule has 7 heteroatoms. The van der Waals surface area contributed by atoms with Crippen molar-refractivity contribution in [3.05, 3.63) is 17.7 Å². The highest BCUT2D eigenvalue weighted by atomic mass is 16.5. The van der Waals surface area contributed by atoms with Crippen LogP contribution in [-0.2, 0) is 4.74 Å². The smallest absolute Gasteiger partial charge is 0.257 e. The van der Waals surface area contributed by atoms with Crippen LogP contribution in [0.1, 0.15) is 49.4 Å². The van der Waals surface area contributed by atoms with Crippen molar-refractivity contribution in [2.45, 2.75) is 50.7 Å². The Morgan fingerprint density at radius 1 is 1.31 bits per heavy atom. The zero-order chi connectivity index (χ0) is 20.0. The van der Waals surface area contributed by atoms with E-state index in [4.69, 9.17) is 9.47 Å². The monoisotopic (exact) mass is 401 g/mol. The predicted octanol–water partition coefficient (Wildman–Crippen LogP) is 1.99. The van der Waals surface area contributed by atoms with Gasteiger partial charge in [-0.2, -0.15) is 4.98 Å². The topological polar surface area (TPSA) is 83.9 Å². The molecule has 2 N–H and O–H groups in total. The van der Waals surface area contributed by atoms with Crippen molar-refractivity contribution in [3.63, 3.8) is 0 Å². The van der Waals surface area contributed by atoms with Gasteiger partial charge in [-0.3, -0.25) is 4.79 Å². The number of ether oxygens (including phenoxy) is 2. The number of anilines is 1. The van der Waals surface area contributed by atoms with Crippen molar-refractivity contribution in [2.75, 3.05) is 37.8 Å². The molecule has 5 aliphatic rings. The van der Waals surface area contributed by atoms with E-state index in [1.165, 1.54) is 0 Å². The molecule has 158 valence electrons. The molecule has 4 saturated carbocycles. The highest BCUT2D eigenvalue weighted by Gasteiger charge is 2.60. The number of carbonyl (C=O) groups is 1. The largest absolute Gasteiger partial charge is 0.477 e. The van der Waals surface area contributed by atoms with Crippen LogP contribution in [0.3, 0.4) is 0 Å². The van der Waals surface area contributed by atoms with E-state index < -0.39 is 5.60 Å². The van der Waals surface area contributed by atoms with Crippen LogP contribution < -0.4 is 15.0 Å². The number of aliphatic hydroxyl groups is 1. The molecule has 5 atom stereocenters. The molecule has 1 unspecified atom stereocenters. The summed E-state index contributed by atoms with van der Waals surface area (Å²) >= 11 is 0. The Balaban J connectivity index is 1.34. The number of nitrogens with zero attached hydrogens (tertiary/aromatic N) is 2. The van der Waals surface area contributed by atoms with Crippen LogP contribution in [0, 0.1) is 17.8 Å². The van der Waals surface area contributed by atoms with Crippen LogP contribution >= 0.6 is 0 Å². The number of aromatic nitrogens is 1. The second-order valence-electron chi connectivity index (χ2n) is 9.23. The third kappa shape index (κ3) is 3.48. The van der Waals surface area contributed by atoms with E-state index >= 15 is 0 Å². The minimum absolute atomic E-state index is 0.106. The van der Waals surface area contributed by atoms with Gasteiger partial charge in [0, 0.05) is 19.1 Å². The van der Waals surface area contributed by atoms with E-state index in [1.54, 1.807) is 0 Å². The highest BCUT2D eigenvalue weighted by Crippen LogP contribution is 2.59. The summed E-state index contributed by atoms with van der Waals surface area (Å²) in [5.74, 6) is 2.49. The molecule has 29 heavy (non-hydrogen) atoms. The first-order valence-electron chi connectivity index (χ1n) is 11.1. The lowest BCUT2D eigenvalue weighted by molar-refractivity contribution is -0.0192. The molecule has 0 aromatic carbocycles. The van der Waals surface area contributed by atoms with Gasteiger partial charge < -0.3 is 24.8 Å². The van der Waals surface area contributed by atoms with Gasteiger partial charge in [-0.25, -0.2) is 0 Å². The Bertz CT molecular complexity index is 777. The first kappa shape index (κ1) is 19.1. The molecule has 6 rings (SSSR count). The average molecular weight is 402 g/mol. The lowest BCUT2D eigenvalue weighted by Crippen LogP contribution is -2.48. The third-order valence-corrected chi connectivity index (χ3v) is 7.25. The quantitative estimate of drug-likeness (QED) is 0.758. The van der Waals surface area contributed by atoms with Gasteiger partial charge in [-0.15, -0.1) is 0 Å². The number of carbonyl (C=O) groups excluding carboxylic acids is 1. The first-order valence-corrected chi connectivity index (χ1v) is 11.1. The number of morpholine rings is 1. The molecule has 0 radical (unpaired) electrons. The van der Waals surface area contributed by atoms with E-state index in [0.717, 1.165) is 51.0 Å². The van der Waals surface area contributed by atoms with E-state index in [0.29, 0.717) is 49.0 Å². The fourth-order valence-electron chi connectivity index (χ4n) is 6.09. The molecule has 5 fully saturated rings. The summed E-state index contributed by atoms with van der Waals surface area (Å²) in [6, 6.07) is 3.91. The Morgan fingerprint density at radius 2 is 2.10 bits per heavy atom. The predicted molar refractivity (Wildman–Crippen MR) is 108 cm³/mol. The van der Waals surface area contributed by atoms with E-state index in [-0.39, 0.29) is 11.9 Å². The minimum Gasteiger partial charge on any atom is -0.477 e. The number of hydrogen-bond acceptors (Lipinski definition) is 6. The molecule has 1 aliphatic heterocycles. The zero-order valence-corrected chi connectivity index (χ0v) is 17.1. The Hall–Kier alpha value is -1.86. The maximum absolute atomic E-state index is 13.2. The lowest BCUT2D eigenvalue weighted by Gasteiger charge is -2.38. The summed E-state index contributed by atoms with van der Waals surface area (Å²) in [6.45, 7) is 5.54. The van der Waals surface area contributed by atoms with Crippen molar-refractivity contribution < 1.29 is 19.4 Å². The normalized spacial score (nSPS) is 35.2. The maximum Gasteiger partial charge on any atom is 0.257 e. The molecule has 0 spiro atoms. The number of pyridine rings is 1. The van der Waals surface area contributed by atoms with Crippen molar-refractivity contribution in [2.24, 2.45) is 17.8 Å². The van der Waals surface area contributed by atoms with Crippen LogP contribution in [0.15, 0.2) is 12.1 Å². The Kier molecular flexibility index (Phi) is 4.90. The maximum atomic E-state index is 13.2. The van der Waals surface area contributed by atoms with Crippen molar-refractivity contribution in [1.82, 2.24) is 10.3 Å². The minimum atomic E-state index is -0.476. The Morgan fingerprint density at radius 3 is 2.86 bits per heavy atom. The van der Waals surface area contributed by atoms with Crippen LogP contribution in [0.25, 0.3) is 0 Å². The van der Waals surface area contributed by atoms with Gasteiger partial charge in [-0.1, -0.05) is 6.92 Å². The summed E-state index contributed by atoms with van der Waals surface area (Å²) < 4.78 is 11.3. The average Bonchev–Trinajstić information content (AvgIpc) is 3.11. The molecule has 4 aliphatic carbocycles. The number of hydrogen-bond donors (Lipinski definition) is 2. The summed E-state index contributed by atoms with van der Waals surface area (Å²) in [4.78, 5) is 20.0. The standard InChI is InChI=1S/C22H31N3O4/c1-2-7-29-21-16(3-4-18(23-21)25-5-8-28-9-6-25)20(26)24-19-15-10-14-11-22(27,12-15)13-17(14)19/h3-4,14-15,17,19,27H,2,5-13H2,1H3,(H,24,26)/t14?,15-,17-,19-,22-/m1/s1. The number of rotatable bonds is 6. The molecule has 1 aromatic heterocycles. The van der Waals surface area contributed by atoms with E-state index in [2.05, 4.69) is 15.2 Å². The summed E-state index contributed by atoms with van der Waals surface area (Å²) in [5.41, 5.74) is 0.0301. The number of nitrogens with one attached hydrogen (secondary N) is 1. The van der Waals surface area contributed by atoms with Gasteiger partial charge >= 0.3 is 0 Å². The molecule has 1 amide bonds. The van der Waals surface area contributed by atoms with Gasteiger partial charge in [0.25, 0.3) is 5.91 Å². The second kappa shape index (κ2) is 7.43. The zero-order valence-electron chi connectivity index (χ0n) is 17.1. The van der Waals surface area contributed by atoms with E-state index in [9.17, 15) is 9.90 Å². The molecule has 4 bridgehead atoms. The van der Waals surface area contributed by atoms with Crippen LogP contribution in [0.5, 0.6) is 5.88 Å². The molecule has 1 aromatic rings.